The molecule has 0 amide bonds. The Hall–Kier alpha value is -2.13. The van der Waals surface area contributed by atoms with Gasteiger partial charge in [-0.15, -0.1) is 0 Å². The van der Waals surface area contributed by atoms with Crippen LogP contribution in [0.1, 0.15) is 50.8 Å². The Morgan fingerprint density at radius 3 is 2.03 bits per heavy atom. The molecule has 1 fully saturated rings. The van der Waals surface area contributed by atoms with Gasteiger partial charge in [0.25, 0.3) is 6.43 Å². The van der Waals surface area contributed by atoms with Gasteiger partial charge >= 0.3 is 13.3 Å². The number of ether oxygens (including phenoxy) is 1. The molecule has 30 heavy (non-hydrogen) atoms. The maximum absolute atomic E-state index is 13.8. The predicted molar refractivity (Wildman–Crippen MR) is 103 cm³/mol. The van der Waals surface area contributed by atoms with Crippen molar-refractivity contribution >= 4 is 12.6 Å². The van der Waals surface area contributed by atoms with E-state index in [1.165, 1.54) is 0 Å². The summed E-state index contributed by atoms with van der Waals surface area (Å²) in [6, 6.07) is 9.84. The number of halogens is 5. The largest absolute Gasteiger partial charge is 0.499 e. The van der Waals surface area contributed by atoms with Crippen molar-refractivity contribution in [2.24, 2.45) is 0 Å². The summed E-state index contributed by atoms with van der Waals surface area (Å²) in [6.07, 6.45) is -8.00. The molecule has 3 rings (SSSR count). The lowest BCUT2D eigenvalue weighted by atomic mass is 9.74. The molecule has 0 spiro atoms. The van der Waals surface area contributed by atoms with Gasteiger partial charge in [-0.2, -0.15) is 13.2 Å². The van der Waals surface area contributed by atoms with Crippen molar-refractivity contribution in [2.45, 2.75) is 58.1 Å². The van der Waals surface area contributed by atoms with E-state index in [4.69, 9.17) is 14.0 Å². The minimum atomic E-state index is -4.82. The van der Waals surface area contributed by atoms with E-state index in [2.05, 4.69) is 0 Å². The van der Waals surface area contributed by atoms with E-state index >= 15 is 0 Å². The minimum absolute atomic E-state index is 0.0999. The summed E-state index contributed by atoms with van der Waals surface area (Å²) in [7, 11) is -1.30. The molecular formula is C21H22BF5O3. The second kappa shape index (κ2) is 7.85. The number of hydrogen-bond acceptors (Lipinski definition) is 3. The van der Waals surface area contributed by atoms with Gasteiger partial charge in [0.2, 0.25) is 0 Å². The fraction of sp³-hybridized carbons (Fsp3) is 0.429. The van der Waals surface area contributed by atoms with Crippen molar-refractivity contribution in [3.05, 3.63) is 59.2 Å². The quantitative estimate of drug-likeness (QED) is 0.464. The maximum atomic E-state index is 13.8. The highest BCUT2D eigenvalue weighted by atomic mass is 19.4. The van der Waals surface area contributed by atoms with E-state index in [1.807, 2.05) is 0 Å². The van der Waals surface area contributed by atoms with E-state index in [1.54, 1.807) is 58.0 Å². The molecule has 1 heterocycles. The zero-order valence-corrected chi connectivity index (χ0v) is 17.0. The third kappa shape index (κ3) is 4.47. The molecule has 0 unspecified atom stereocenters. The fourth-order valence-electron chi connectivity index (χ4n) is 3.06. The first-order chi connectivity index (χ1) is 13.8. The van der Waals surface area contributed by atoms with Crippen LogP contribution in [-0.4, -0.2) is 18.3 Å². The first kappa shape index (κ1) is 22.6. The Morgan fingerprint density at radius 2 is 1.53 bits per heavy atom. The summed E-state index contributed by atoms with van der Waals surface area (Å²) in [5.74, 6) is -0.345. The fourth-order valence-corrected chi connectivity index (χ4v) is 3.06. The molecule has 0 aliphatic carbocycles. The van der Waals surface area contributed by atoms with Crippen LogP contribution in [0, 0.1) is 0 Å². The van der Waals surface area contributed by atoms with Crippen LogP contribution in [0.25, 0.3) is 0 Å². The third-order valence-corrected chi connectivity index (χ3v) is 5.46. The molecule has 0 bridgehead atoms. The Kier molecular flexibility index (Phi) is 5.90. The Labute approximate surface area is 172 Å². The van der Waals surface area contributed by atoms with Crippen molar-refractivity contribution in [2.75, 3.05) is 0 Å². The highest BCUT2D eigenvalue weighted by molar-refractivity contribution is 6.63. The smallest absolute Gasteiger partial charge is 0.489 e. The van der Waals surface area contributed by atoms with Crippen LogP contribution in [0.15, 0.2) is 42.5 Å². The van der Waals surface area contributed by atoms with Crippen molar-refractivity contribution in [1.82, 2.24) is 0 Å². The molecule has 1 aliphatic heterocycles. The molecule has 0 atom stereocenters. The van der Waals surface area contributed by atoms with Crippen molar-refractivity contribution in [3.63, 3.8) is 0 Å². The lowest BCUT2D eigenvalue weighted by molar-refractivity contribution is -0.137. The Bertz CT molecular complexity index is 882. The molecule has 2 aromatic rings. The van der Waals surface area contributed by atoms with Gasteiger partial charge in [0, 0.05) is 11.0 Å². The summed E-state index contributed by atoms with van der Waals surface area (Å²) in [4.78, 5) is 0. The van der Waals surface area contributed by atoms with Crippen LogP contribution in [0.4, 0.5) is 22.0 Å². The highest BCUT2D eigenvalue weighted by Gasteiger charge is 2.54. The van der Waals surface area contributed by atoms with Gasteiger partial charge in [-0.05, 0) is 45.4 Å². The van der Waals surface area contributed by atoms with Crippen molar-refractivity contribution in [1.29, 1.82) is 0 Å². The minimum Gasteiger partial charge on any atom is -0.489 e. The van der Waals surface area contributed by atoms with Gasteiger partial charge in [-0.1, -0.05) is 30.3 Å². The van der Waals surface area contributed by atoms with Gasteiger partial charge in [0.1, 0.15) is 12.4 Å². The third-order valence-electron chi connectivity index (χ3n) is 5.46. The molecule has 1 saturated heterocycles. The van der Waals surface area contributed by atoms with Crippen LogP contribution < -0.4 is 10.2 Å². The molecular weight excluding hydrogens is 406 g/mol. The average molecular weight is 428 g/mol. The van der Waals surface area contributed by atoms with Crippen molar-refractivity contribution in [3.8, 4) is 5.75 Å². The lowest BCUT2D eigenvalue weighted by Crippen LogP contribution is -2.41. The maximum Gasteiger partial charge on any atom is 0.499 e. The van der Waals surface area contributed by atoms with Gasteiger partial charge in [-0.25, -0.2) is 8.78 Å². The molecule has 9 heteroatoms. The lowest BCUT2D eigenvalue weighted by Gasteiger charge is -2.32. The summed E-state index contributed by atoms with van der Waals surface area (Å²) in [5.41, 5.74) is -3.33. The second-order valence-electron chi connectivity index (χ2n) is 8.14. The van der Waals surface area contributed by atoms with Crippen LogP contribution in [-0.2, 0) is 22.1 Å². The van der Waals surface area contributed by atoms with E-state index in [9.17, 15) is 22.0 Å². The summed E-state index contributed by atoms with van der Waals surface area (Å²) < 4.78 is 85.1. The number of rotatable bonds is 5. The van der Waals surface area contributed by atoms with Crippen LogP contribution in [0.5, 0.6) is 5.75 Å². The molecule has 1 aliphatic rings. The van der Waals surface area contributed by atoms with Crippen LogP contribution >= 0.6 is 0 Å². The zero-order chi connectivity index (χ0) is 22.3. The molecule has 162 valence electrons. The predicted octanol–water partition coefficient (Wildman–Crippen LogP) is 5.52. The first-order valence-electron chi connectivity index (χ1n) is 9.37. The normalized spacial score (nSPS) is 18.1. The first-order valence-corrected chi connectivity index (χ1v) is 9.37. The van der Waals surface area contributed by atoms with E-state index in [-0.39, 0.29) is 17.8 Å². The van der Waals surface area contributed by atoms with Gasteiger partial charge < -0.3 is 14.0 Å². The number of alkyl halides is 5. The number of hydrogen-bond donors (Lipinski definition) is 0. The standard InChI is InChI=1S/C21H22BF5O3/c1-19(2)20(3,4)30-22(29-19)17-15(18(23)24)10-14(21(25,26)27)11-16(17)28-12-13-8-6-5-7-9-13/h5-11,18H,12H2,1-4H3. The highest BCUT2D eigenvalue weighted by Crippen LogP contribution is 2.40. The van der Waals surface area contributed by atoms with Crippen LogP contribution in [0.3, 0.4) is 0 Å². The monoisotopic (exact) mass is 428 g/mol. The van der Waals surface area contributed by atoms with Crippen molar-refractivity contribution < 1.29 is 36.0 Å². The summed E-state index contributed by atoms with van der Waals surface area (Å²) >= 11 is 0. The number of benzene rings is 2. The van der Waals surface area contributed by atoms with E-state index in [0.29, 0.717) is 11.6 Å². The van der Waals surface area contributed by atoms with E-state index in [0.717, 1.165) is 6.07 Å². The van der Waals surface area contributed by atoms with Gasteiger partial charge in [-0.3, -0.25) is 0 Å². The summed E-state index contributed by atoms with van der Waals surface area (Å²) in [6.45, 7) is 6.80. The summed E-state index contributed by atoms with van der Waals surface area (Å²) in [5, 5.41) is 0. The van der Waals surface area contributed by atoms with Gasteiger partial charge in [0.15, 0.2) is 0 Å². The Balaban J connectivity index is 2.10. The Morgan fingerprint density at radius 1 is 0.967 bits per heavy atom. The molecule has 0 N–H and O–H groups in total. The zero-order valence-electron chi connectivity index (χ0n) is 17.0. The molecule has 2 aromatic carbocycles. The average Bonchev–Trinajstić information content (AvgIpc) is 2.86. The topological polar surface area (TPSA) is 27.7 Å². The SMILES string of the molecule is CC1(C)OB(c2c(OCc3ccccc3)cc(C(F)(F)F)cc2C(F)F)OC1(C)C. The molecule has 0 saturated carbocycles. The second-order valence-corrected chi connectivity index (χ2v) is 8.14. The van der Waals surface area contributed by atoms with Crippen LogP contribution in [0.2, 0.25) is 0 Å². The van der Waals surface area contributed by atoms with Gasteiger partial charge in [0.05, 0.1) is 16.8 Å². The molecule has 0 radical (unpaired) electrons. The molecule has 0 aromatic heterocycles. The molecule has 3 nitrogen and oxygen atoms in total. The van der Waals surface area contributed by atoms with E-state index < -0.39 is 42.0 Å².